The van der Waals surface area contributed by atoms with E-state index in [9.17, 15) is 0 Å². The Bertz CT molecular complexity index is 2380. The molecular formula is C38H22O2. The van der Waals surface area contributed by atoms with Crippen molar-refractivity contribution in [1.82, 2.24) is 0 Å². The minimum atomic E-state index is 0.788. The van der Waals surface area contributed by atoms with E-state index in [0.29, 0.717) is 0 Å². The first-order valence-electron chi connectivity index (χ1n) is 13.6. The van der Waals surface area contributed by atoms with Crippen molar-refractivity contribution in [2.24, 2.45) is 0 Å². The molecule has 186 valence electrons. The molecular weight excluding hydrogens is 488 g/mol. The van der Waals surface area contributed by atoms with E-state index in [2.05, 4.69) is 109 Å². The maximum Gasteiger partial charge on any atom is 0.179 e. The molecule has 2 heterocycles. The molecule has 0 atom stereocenters. The van der Waals surface area contributed by atoms with Gasteiger partial charge in [-0.05, 0) is 78.8 Å². The van der Waals surface area contributed by atoms with Crippen LogP contribution in [0.15, 0.2) is 142 Å². The second-order valence-corrected chi connectivity index (χ2v) is 10.5. The molecule has 9 rings (SSSR count). The van der Waals surface area contributed by atoms with E-state index in [1.807, 2.05) is 18.2 Å². The van der Waals surface area contributed by atoms with E-state index in [1.165, 1.54) is 49.0 Å². The molecule has 0 unspecified atom stereocenters. The minimum absolute atomic E-state index is 0.788. The first-order valence-corrected chi connectivity index (χ1v) is 13.6. The second kappa shape index (κ2) is 8.08. The molecule has 0 spiro atoms. The summed E-state index contributed by atoms with van der Waals surface area (Å²) in [7, 11) is 0. The first-order chi connectivity index (χ1) is 19.8. The SMILES string of the molecule is c1ccc2cc(-c3c4ccccc4c(-c4cc5ccoc5c5oc6ccccc6c45)c4ccccc34)ccc2c1. The van der Waals surface area contributed by atoms with Crippen LogP contribution in [0.1, 0.15) is 0 Å². The van der Waals surface area contributed by atoms with Gasteiger partial charge in [-0.15, -0.1) is 0 Å². The summed E-state index contributed by atoms with van der Waals surface area (Å²) < 4.78 is 12.4. The van der Waals surface area contributed by atoms with Gasteiger partial charge in [-0.2, -0.15) is 0 Å². The maximum atomic E-state index is 6.45. The molecule has 7 aromatic carbocycles. The van der Waals surface area contributed by atoms with Crippen LogP contribution in [0.3, 0.4) is 0 Å². The van der Waals surface area contributed by atoms with E-state index in [4.69, 9.17) is 8.83 Å². The number of para-hydroxylation sites is 1. The molecule has 0 saturated heterocycles. The lowest BCUT2D eigenvalue weighted by molar-refractivity contribution is 0.600. The topological polar surface area (TPSA) is 26.3 Å². The number of rotatable bonds is 2. The van der Waals surface area contributed by atoms with E-state index < -0.39 is 0 Å². The highest BCUT2D eigenvalue weighted by Crippen LogP contribution is 2.48. The van der Waals surface area contributed by atoms with Gasteiger partial charge in [-0.25, -0.2) is 0 Å². The van der Waals surface area contributed by atoms with Crippen molar-refractivity contribution in [2.75, 3.05) is 0 Å². The molecule has 0 aliphatic heterocycles. The van der Waals surface area contributed by atoms with Gasteiger partial charge < -0.3 is 8.83 Å². The van der Waals surface area contributed by atoms with Crippen LogP contribution in [0.25, 0.3) is 87.5 Å². The van der Waals surface area contributed by atoms with Crippen LogP contribution < -0.4 is 0 Å². The average molecular weight is 511 g/mol. The zero-order valence-electron chi connectivity index (χ0n) is 21.5. The molecule has 40 heavy (non-hydrogen) atoms. The molecule has 2 aromatic heterocycles. The Balaban J connectivity index is 1.48. The lowest BCUT2D eigenvalue weighted by Crippen LogP contribution is -1.91. The van der Waals surface area contributed by atoms with Gasteiger partial charge in [-0.1, -0.05) is 103 Å². The van der Waals surface area contributed by atoms with Crippen molar-refractivity contribution in [1.29, 1.82) is 0 Å². The van der Waals surface area contributed by atoms with Gasteiger partial charge >= 0.3 is 0 Å². The summed E-state index contributed by atoms with van der Waals surface area (Å²) in [6.07, 6.45) is 1.75. The van der Waals surface area contributed by atoms with Crippen LogP contribution in [0.2, 0.25) is 0 Å². The van der Waals surface area contributed by atoms with Crippen LogP contribution in [0, 0.1) is 0 Å². The fourth-order valence-electron chi connectivity index (χ4n) is 6.59. The molecule has 0 saturated carbocycles. The van der Waals surface area contributed by atoms with Gasteiger partial charge in [0.15, 0.2) is 11.2 Å². The van der Waals surface area contributed by atoms with Crippen molar-refractivity contribution < 1.29 is 8.83 Å². The number of benzene rings is 7. The fourth-order valence-corrected chi connectivity index (χ4v) is 6.59. The van der Waals surface area contributed by atoms with Crippen molar-refractivity contribution in [3.05, 3.63) is 134 Å². The number of fused-ring (bicyclic) bond motifs is 8. The van der Waals surface area contributed by atoms with Crippen molar-refractivity contribution >= 4 is 65.2 Å². The summed E-state index contributed by atoms with van der Waals surface area (Å²) >= 11 is 0. The Hall–Kier alpha value is -5.34. The molecule has 0 fully saturated rings. The van der Waals surface area contributed by atoms with Gasteiger partial charge in [0.2, 0.25) is 0 Å². The molecule has 0 N–H and O–H groups in total. The molecule has 0 amide bonds. The summed E-state index contributed by atoms with van der Waals surface area (Å²) in [5, 5.41) is 10.6. The maximum absolute atomic E-state index is 6.45. The van der Waals surface area contributed by atoms with Gasteiger partial charge in [0.1, 0.15) is 5.58 Å². The Morgan fingerprint density at radius 3 is 1.80 bits per heavy atom. The minimum Gasteiger partial charge on any atom is -0.460 e. The monoisotopic (exact) mass is 510 g/mol. The lowest BCUT2D eigenvalue weighted by Gasteiger charge is -2.18. The van der Waals surface area contributed by atoms with Gasteiger partial charge in [-0.3, -0.25) is 0 Å². The highest BCUT2D eigenvalue weighted by molar-refractivity contribution is 6.28. The largest absolute Gasteiger partial charge is 0.460 e. The van der Waals surface area contributed by atoms with Crippen LogP contribution in [0.5, 0.6) is 0 Å². The molecule has 0 bridgehead atoms. The molecule has 0 radical (unpaired) electrons. The zero-order valence-corrected chi connectivity index (χ0v) is 21.5. The van der Waals surface area contributed by atoms with E-state index in [0.717, 1.165) is 38.5 Å². The number of hydrogen-bond donors (Lipinski definition) is 0. The summed E-state index contributed by atoms with van der Waals surface area (Å²) in [6, 6.07) is 45.6. The van der Waals surface area contributed by atoms with Gasteiger partial charge in [0, 0.05) is 16.2 Å². The lowest BCUT2D eigenvalue weighted by atomic mass is 9.84. The van der Waals surface area contributed by atoms with Crippen LogP contribution in [-0.4, -0.2) is 0 Å². The van der Waals surface area contributed by atoms with Crippen molar-refractivity contribution in [3.63, 3.8) is 0 Å². The quantitative estimate of drug-likeness (QED) is 0.216. The zero-order chi connectivity index (χ0) is 26.2. The summed E-state index contributed by atoms with van der Waals surface area (Å²) in [6.45, 7) is 0. The third kappa shape index (κ3) is 2.93. The van der Waals surface area contributed by atoms with Crippen molar-refractivity contribution in [3.8, 4) is 22.3 Å². The Kier molecular flexibility index (Phi) is 4.36. The van der Waals surface area contributed by atoms with Gasteiger partial charge in [0.25, 0.3) is 0 Å². The third-order valence-corrected chi connectivity index (χ3v) is 8.31. The normalized spacial score (nSPS) is 12.0. The number of furan rings is 2. The molecule has 9 aromatic rings. The smallest absolute Gasteiger partial charge is 0.179 e. The van der Waals surface area contributed by atoms with Gasteiger partial charge in [0.05, 0.1) is 6.26 Å². The third-order valence-electron chi connectivity index (χ3n) is 8.31. The highest BCUT2D eigenvalue weighted by Gasteiger charge is 2.22. The summed E-state index contributed by atoms with van der Waals surface area (Å²) in [4.78, 5) is 0. The van der Waals surface area contributed by atoms with Crippen LogP contribution in [-0.2, 0) is 0 Å². The fraction of sp³-hybridized carbons (Fsp3) is 0. The van der Waals surface area contributed by atoms with Crippen molar-refractivity contribution in [2.45, 2.75) is 0 Å². The standard InChI is InChI=1S/C38H22O2/c1-2-10-24-21-25(18-17-23(24)9-1)34-27-11-3-5-13-29(27)35(30-14-6-4-12-28(30)34)32-22-26-19-20-39-37(26)38-36(32)31-15-7-8-16-33(31)40-38/h1-22H. The number of hydrogen-bond acceptors (Lipinski definition) is 2. The second-order valence-electron chi connectivity index (χ2n) is 10.5. The van der Waals surface area contributed by atoms with E-state index >= 15 is 0 Å². The Morgan fingerprint density at radius 1 is 0.425 bits per heavy atom. The van der Waals surface area contributed by atoms with Crippen LogP contribution >= 0.6 is 0 Å². The van der Waals surface area contributed by atoms with E-state index in [1.54, 1.807) is 6.26 Å². The Labute approximate surface area is 229 Å². The first kappa shape index (κ1) is 21.6. The predicted octanol–water partition coefficient (Wildman–Crippen LogP) is 11.1. The van der Waals surface area contributed by atoms with E-state index in [-0.39, 0.29) is 0 Å². The molecule has 2 nitrogen and oxygen atoms in total. The molecule has 0 aliphatic rings. The molecule has 0 aliphatic carbocycles. The summed E-state index contributed by atoms with van der Waals surface area (Å²) in [5.74, 6) is 0. The Morgan fingerprint density at radius 2 is 1.05 bits per heavy atom. The van der Waals surface area contributed by atoms with Crippen LogP contribution in [0.4, 0.5) is 0 Å². The molecule has 2 heteroatoms. The predicted molar refractivity (Wildman–Crippen MR) is 167 cm³/mol. The summed E-state index contributed by atoms with van der Waals surface area (Å²) in [5.41, 5.74) is 7.31. The highest BCUT2D eigenvalue weighted by atomic mass is 16.4. The average Bonchev–Trinajstić information content (AvgIpc) is 3.64.